The first-order valence-corrected chi connectivity index (χ1v) is 5.83. The van der Waals surface area contributed by atoms with E-state index < -0.39 is 0 Å². The van der Waals surface area contributed by atoms with Crippen LogP contribution in [0.15, 0.2) is 42.2 Å². The van der Waals surface area contributed by atoms with E-state index in [4.69, 9.17) is 11.6 Å². The number of H-pyrrole nitrogens is 1. The minimum Gasteiger partial charge on any atom is -0.362 e. The monoisotopic (exact) mass is 259 g/mol. The molecule has 5 heteroatoms. The number of hydrogen-bond donors (Lipinski definition) is 3. The molecule has 18 heavy (non-hydrogen) atoms. The van der Waals surface area contributed by atoms with Gasteiger partial charge in [0.1, 0.15) is 5.70 Å². The van der Waals surface area contributed by atoms with Crippen LogP contribution in [-0.2, 0) is 4.79 Å². The van der Waals surface area contributed by atoms with E-state index in [1.807, 2.05) is 12.1 Å². The van der Waals surface area contributed by atoms with Crippen molar-refractivity contribution < 1.29 is 4.79 Å². The number of carbonyl (C=O) groups is 1. The molecular formula is C13H10ClN3O. The van der Waals surface area contributed by atoms with Crippen molar-refractivity contribution in [3.05, 3.63) is 52.9 Å². The maximum Gasteiger partial charge on any atom is 0.272 e. The summed E-state index contributed by atoms with van der Waals surface area (Å²) in [6.07, 6.45) is 3.55. The van der Waals surface area contributed by atoms with Crippen molar-refractivity contribution >= 4 is 35.0 Å². The Labute approximate surface area is 109 Å². The Morgan fingerprint density at radius 1 is 1.11 bits per heavy atom. The Morgan fingerprint density at radius 2 is 2.00 bits per heavy atom. The Kier molecular flexibility index (Phi) is 2.57. The van der Waals surface area contributed by atoms with Crippen molar-refractivity contribution in [2.24, 2.45) is 0 Å². The van der Waals surface area contributed by atoms with E-state index >= 15 is 0 Å². The maximum absolute atomic E-state index is 11.9. The van der Waals surface area contributed by atoms with Gasteiger partial charge in [0.25, 0.3) is 5.91 Å². The summed E-state index contributed by atoms with van der Waals surface area (Å²) in [6, 6.07) is 9.04. The molecule has 1 aromatic heterocycles. The summed E-state index contributed by atoms with van der Waals surface area (Å²) in [7, 11) is 0. The molecule has 3 rings (SSSR count). The predicted molar refractivity (Wildman–Crippen MR) is 72.5 cm³/mol. The van der Waals surface area contributed by atoms with Crippen molar-refractivity contribution in [1.82, 2.24) is 4.98 Å². The van der Waals surface area contributed by atoms with Crippen molar-refractivity contribution in [3.63, 3.8) is 0 Å². The number of carbonyl (C=O) groups excluding carboxylic acids is 1. The topological polar surface area (TPSA) is 56.9 Å². The van der Waals surface area contributed by atoms with Crippen LogP contribution in [0.3, 0.4) is 0 Å². The second-order valence-electron chi connectivity index (χ2n) is 3.95. The molecule has 1 aromatic carbocycles. The Hall–Kier alpha value is -2.20. The van der Waals surface area contributed by atoms with E-state index in [-0.39, 0.29) is 5.91 Å². The molecule has 0 spiro atoms. The first kappa shape index (κ1) is 10.9. The fourth-order valence-electron chi connectivity index (χ4n) is 1.81. The van der Waals surface area contributed by atoms with E-state index in [1.54, 1.807) is 30.5 Å². The summed E-state index contributed by atoms with van der Waals surface area (Å²) in [5.74, 6) is -0.167. The fourth-order valence-corrected chi connectivity index (χ4v) is 1.98. The van der Waals surface area contributed by atoms with Crippen LogP contribution in [0.4, 0.5) is 11.4 Å². The normalized spacial score (nSPS) is 16.1. The van der Waals surface area contributed by atoms with Gasteiger partial charge in [-0.25, -0.2) is 0 Å². The van der Waals surface area contributed by atoms with Crippen LogP contribution in [0.5, 0.6) is 0 Å². The molecule has 0 saturated carbocycles. The van der Waals surface area contributed by atoms with Gasteiger partial charge in [-0.15, -0.1) is 0 Å². The minimum absolute atomic E-state index is 0.167. The fraction of sp³-hybridized carbons (Fsp3) is 0. The summed E-state index contributed by atoms with van der Waals surface area (Å²) in [6.45, 7) is 0. The van der Waals surface area contributed by atoms with E-state index in [0.29, 0.717) is 10.7 Å². The molecule has 0 bridgehead atoms. The number of benzene rings is 1. The molecule has 0 aliphatic carbocycles. The third-order valence-corrected chi connectivity index (χ3v) is 2.90. The molecule has 2 heterocycles. The average Bonchev–Trinajstić information content (AvgIpc) is 2.83. The van der Waals surface area contributed by atoms with Gasteiger partial charge < -0.3 is 15.6 Å². The first-order chi connectivity index (χ1) is 8.72. The van der Waals surface area contributed by atoms with E-state index in [1.165, 1.54) is 0 Å². The number of fused-ring (bicyclic) bond motifs is 1. The molecule has 0 unspecified atom stereocenters. The summed E-state index contributed by atoms with van der Waals surface area (Å²) in [5, 5.41) is 6.50. The van der Waals surface area contributed by atoms with Crippen LogP contribution < -0.4 is 10.6 Å². The number of amides is 1. The van der Waals surface area contributed by atoms with Crippen LogP contribution >= 0.6 is 11.6 Å². The summed E-state index contributed by atoms with van der Waals surface area (Å²) in [5.41, 5.74) is 2.86. The lowest BCUT2D eigenvalue weighted by Gasteiger charge is -2.21. The molecule has 0 radical (unpaired) electrons. The Bertz CT molecular complexity index is 632. The summed E-state index contributed by atoms with van der Waals surface area (Å²) >= 11 is 5.93. The van der Waals surface area contributed by atoms with Gasteiger partial charge in [-0.1, -0.05) is 11.6 Å². The zero-order valence-electron chi connectivity index (χ0n) is 9.33. The molecule has 3 N–H and O–H groups in total. The van der Waals surface area contributed by atoms with E-state index in [9.17, 15) is 4.79 Å². The SMILES string of the molecule is O=C1Nc2ccc(Cl)cc2NC1=Cc1ccc[nH]1. The Balaban J connectivity index is 1.98. The van der Waals surface area contributed by atoms with Gasteiger partial charge in [0.05, 0.1) is 11.4 Å². The minimum atomic E-state index is -0.167. The summed E-state index contributed by atoms with van der Waals surface area (Å²) < 4.78 is 0. The number of hydrogen-bond acceptors (Lipinski definition) is 2. The number of aromatic amines is 1. The molecule has 0 saturated heterocycles. The molecule has 90 valence electrons. The van der Waals surface area contributed by atoms with Crippen LogP contribution in [0.2, 0.25) is 5.02 Å². The van der Waals surface area contributed by atoms with Gasteiger partial charge in [-0.2, -0.15) is 0 Å². The highest BCUT2D eigenvalue weighted by atomic mass is 35.5. The smallest absolute Gasteiger partial charge is 0.272 e. The van der Waals surface area contributed by atoms with E-state index in [0.717, 1.165) is 17.1 Å². The van der Waals surface area contributed by atoms with Gasteiger partial charge in [-0.3, -0.25) is 4.79 Å². The van der Waals surface area contributed by atoms with Crippen molar-refractivity contribution in [3.8, 4) is 0 Å². The molecule has 1 aliphatic rings. The maximum atomic E-state index is 11.9. The highest BCUT2D eigenvalue weighted by molar-refractivity contribution is 6.31. The van der Waals surface area contributed by atoms with Crippen LogP contribution in [0, 0.1) is 0 Å². The average molecular weight is 260 g/mol. The van der Waals surface area contributed by atoms with E-state index in [2.05, 4.69) is 15.6 Å². The lowest BCUT2D eigenvalue weighted by molar-refractivity contribution is -0.112. The van der Waals surface area contributed by atoms with Gasteiger partial charge in [0.2, 0.25) is 0 Å². The standard InChI is InChI=1S/C13H10ClN3O/c14-8-3-4-10-11(6-8)16-12(13(18)17-10)7-9-2-1-5-15-9/h1-7,15-16H,(H,17,18). The third kappa shape index (κ3) is 1.98. The zero-order valence-corrected chi connectivity index (χ0v) is 10.1. The number of anilines is 2. The quantitative estimate of drug-likeness (QED) is 0.690. The van der Waals surface area contributed by atoms with Crippen molar-refractivity contribution in [2.75, 3.05) is 10.6 Å². The number of aromatic nitrogens is 1. The van der Waals surface area contributed by atoms with Crippen LogP contribution in [0.25, 0.3) is 6.08 Å². The molecule has 0 atom stereocenters. The second kappa shape index (κ2) is 4.23. The predicted octanol–water partition coefficient (Wildman–Crippen LogP) is 3.07. The summed E-state index contributed by atoms with van der Waals surface area (Å²) in [4.78, 5) is 14.9. The molecule has 1 amide bonds. The van der Waals surface area contributed by atoms with Crippen LogP contribution in [-0.4, -0.2) is 10.9 Å². The molecule has 4 nitrogen and oxygen atoms in total. The molecule has 0 fully saturated rings. The lowest BCUT2D eigenvalue weighted by Crippen LogP contribution is -2.25. The number of nitrogens with one attached hydrogen (secondary N) is 3. The highest BCUT2D eigenvalue weighted by Gasteiger charge is 2.19. The van der Waals surface area contributed by atoms with Gasteiger partial charge in [-0.05, 0) is 36.4 Å². The van der Waals surface area contributed by atoms with Crippen LogP contribution in [0.1, 0.15) is 5.69 Å². The van der Waals surface area contributed by atoms with Crippen molar-refractivity contribution in [1.29, 1.82) is 0 Å². The van der Waals surface area contributed by atoms with Gasteiger partial charge in [0, 0.05) is 16.9 Å². The lowest BCUT2D eigenvalue weighted by atomic mass is 10.2. The number of halogens is 1. The highest BCUT2D eigenvalue weighted by Crippen LogP contribution is 2.30. The second-order valence-corrected chi connectivity index (χ2v) is 4.39. The Morgan fingerprint density at radius 3 is 2.78 bits per heavy atom. The largest absolute Gasteiger partial charge is 0.362 e. The zero-order chi connectivity index (χ0) is 12.5. The van der Waals surface area contributed by atoms with Gasteiger partial charge in [0.15, 0.2) is 0 Å². The van der Waals surface area contributed by atoms with Gasteiger partial charge >= 0.3 is 0 Å². The van der Waals surface area contributed by atoms with Crippen molar-refractivity contribution in [2.45, 2.75) is 0 Å². The third-order valence-electron chi connectivity index (χ3n) is 2.67. The molecular weight excluding hydrogens is 250 g/mol. The molecule has 2 aromatic rings. The first-order valence-electron chi connectivity index (χ1n) is 5.45. The molecule has 1 aliphatic heterocycles. The number of rotatable bonds is 1.